The number of aryl methyl sites for hydroxylation is 1. The van der Waals surface area contributed by atoms with Gasteiger partial charge in [-0.3, -0.25) is 14.9 Å². The van der Waals surface area contributed by atoms with Gasteiger partial charge in [0.1, 0.15) is 5.75 Å². The molecule has 0 aliphatic heterocycles. The van der Waals surface area contributed by atoms with Crippen LogP contribution in [0.4, 0.5) is 11.4 Å². The van der Waals surface area contributed by atoms with Crippen LogP contribution < -0.4 is 20.7 Å². The summed E-state index contributed by atoms with van der Waals surface area (Å²) in [5.74, 6) is -0.0305. The van der Waals surface area contributed by atoms with Crippen molar-refractivity contribution in [3.63, 3.8) is 0 Å². The molecule has 2 aromatic carbocycles. The Morgan fingerprint density at radius 3 is 2.43 bits per heavy atom. The number of thiocarbonyl (C=S) groups is 1. The molecule has 154 valence electrons. The number of carbonyl (C=O) groups is 2. The molecule has 0 aliphatic carbocycles. The van der Waals surface area contributed by atoms with Crippen molar-refractivity contribution < 1.29 is 14.3 Å². The number of nitrogens with one attached hydrogen (secondary N) is 3. The van der Waals surface area contributed by atoms with E-state index in [1.807, 2.05) is 23.6 Å². The summed E-state index contributed by atoms with van der Waals surface area (Å²) in [6.07, 6.45) is 0.910. The van der Waals surface area contributed by atoms with Crippen molar-refractivity contribution in [1.29, 1.82) is 0 Å². The largest absolute Gasteiger partial charge is 0.494 e. The molecule has 0 bridgehead atoms. The maximum atomic E-state index is 12.3. The standard InChI is InChI=1S/C22H21N3O3S2/c1-3-14-6-8-15(9-7-14)20(26)25-22(29)23-16-10-11-17(18(13-16)28-2)24-21(27)19-5-4-12-30-19/h4-13H,3H2,1-2H3,(H,24,27)(H2,23,25,26,29). The first kappa shape index (κ1) is 21.5. The average Bonchev–Trinajstić information content (AvgIpc) is 3.30. The maximum absolute atomic E-state index is 12.3. The minimum Gasteiger partial charge on any atom is -0.494 e. The number of amides is 2. The second-order valence-corrected chi connectivity index (χ2v) is 7.66. The molecule has 0 atom stereocenters. The number of benzene rings is 2. The van der Waals surface area contributed by atoms with Gasteiger partial charge in [-0.2, -0.15) is 0 Å². The van der Waals surface area contributed by atoms with Crippen LogP contribution in [0.25, 0.3) is 0 Å². The molecule has 0 fully saturated rings. The Morgan fingerprint density at radius 1 is 1.03 bits per heavy atom. The normalized spacial score (nSPS) is 10.2. The summed E-state index contributed by atoms with van der Waals surface area (Å²) >= 11 is 6.60. The van der Waals surface area contributed by atoms with Crippen LogP contribution in [0.15, 0.2) is 60.0 Å². The Kier molecular flexibility index (Phi) is 7.16. The van der Waals surface area contributed by atoms with Gasteiger partial charge in [-0.15, -0.1) is 11.3 Å². The van der Waals surface area contributed by atoms with E-state index in [1.54, 1.807) is 36.4 Å². The highest BCUT2D eigenvalue weighted by Crippen LogP contribution is 2.28. The minimum atomic E-state index is -0.290. The molecule has 2 amide bonds. The smallest absolute Gasteiger partial charge is 0.265 e. The summed E-state index contributed by atoms with van der Waals surface area (Å²) in [4.78, 5) is 25.2. The van der Waals surface area contributed by atoms with Crippen molar-refractivity contribution in [2.75, 3.05) is 17.7 Å². The molecule has 0 unspecified atom stereocenters. The number of rotatable bonds is 6. The van der Waals surface area contributed by atoms with Gasteiger partial charge in [0.15, 0.2) is 5.11 Å². The van der Waals surface area contributed by atoms with Crippen molar-refractivity contribution in [3.05, 3.63) is 76.0 Å². The summed E-state index contributed by atoms with van der Waals surface area (Å²) in [7, 11) is 1.51. The number of carbonyl (C=O) groups excluding carboxylic acids is 2. The van der Waals surface area contributed by atoms with Gasteiger partial charge >= 0.3 is 0 Å². The summed E-state index contributed by atoms with van der Waals surface area (Å²) < 4.78 is 5.38. The van der Waals surface area contributed by atoms with Gasteiger partial charge in [-0.05, 0) is 59.9 Å². The lowest BCUT2D eigenvalue weighted by molar-refractivity contribution is 0.0976. The second-order valence-electron chi connectivity index (χ2n) is 6.31. The quantitative estimate of drug-likeness (QED) is 0.485. The molecule has 0 radical (unpaired) electrons. The summed E-state index contributed by atoms with van der Waals surface area (Å²) in [5, 5.41) is 10.4. The molecule has 1 heterocycles. The van der Waals surface area contributed by atoms with Crippen molar-refractivity contribution >= 4 is 51.9 Å². The molecule has 6 nitrogen and oxygen atoms in total. The zero-order valence-electron chi connectivity index (χ0n) is 16.5. The fourth-order valence-corrected chi connectivity index (χ4v) is 3.52. The van der Waals surface area contributed by atoms with Gasteiger partial charge in [-0.1, -0.05) is 25.1 Å². The molecule has 3 aromatic rings. The van der Waals surface area contributed by atoms with Gasteiger partial charge in [0.2, 0.25) is 0 Å². The lowest BCUT2D eigenvalue weighted by Crippen LogP contribution is -2.34. The average molecular weight is 440 g/mol. The summed E-state index contributed by atoms with van der Waals surface area (Å²) in [5.41, 5.74) is 2.84. The van der Waals surface area contributed by atoms with E-state index < -0.39 is 0 Å². The van der Waals surface area contributed by atoms with Crippen LogP contribution >= 0.6 is 23.6 Å². The molecule has 0 saturated heterocycles. The van der Waals surface area contributed by atoms with Gasteiger partial charge in [0, 0.05) is 17.3 Å². The van der Waals surface area contributed by atoms with Gasteiger partial charge in [-0.25, -0.2) is 0 Å². The number of methoxy groups -OCH3 is 1. The number of ether oxygens (including phenoxy) is 1. The molecule has 0 saturated carbocycles. The maximum Gasteiger partial charge on any atom is 0.265 e. The number of hydrogen-bond donors (Lipinski definition) is 3. The fraction of sp³-hybridized carbons (Fsp3) is 0.136. The third-order valence-corrected chi connectivity index (χ3v) is 5.38. The molecule has 1 aromatic heterocycles. The van der Waals surface area contributed by atoms with Crippen LogP contribution in [-0.2, 0) is 6.42 Å². The first-order valence-corrected chi connectivity index (χ1v) is 10.5. The van der Waals surface area contributed by atoms with E-state index in [0.29, 0.717) is 27.6 Å². The van der Waals surface area contributed by atoms with E-state index in [9.17, 15) is 9.59 Å². The van der Waals surface area contributed by atoms with Crippen LogP contribution in [0.2, 0.25) is 0 Å². The third-order valence-electron chi connectivity index (χ3n) is 4.30. The summed E-state index contributed by atoms with van der Waals surface area (Å²) in [6, 6.07) is 16.1. The highest BCUT2D eigenvalue weighted by molar-refractivity contribution is 7.80. The monoisotopic (exact) mass is 439 g/mol. The lowest BCUT2D eigenvalue weighted by Gasteiger charge is -2.14. The van der Waals surface area contributed by atoms with E-state index in [-0.39, 0.29) is 16.9 Å². The first-order valence-electron chi connectivity index (χ1n) is 9.24. The number of anilines is 2. The Hall–Kier alpha value is -3.23. The SMILES string of the molecule is CCc1ccc(C(=O)NC(=S)Nc2ccc(NC(=O)c3cccs3)c(OC)c2)cc1. The molecule has 0 aliphatic rings. The molecule has 30 heavy (non-hydrogen) atoms. The van der Waals surface area contributed by atoms with Crippen LogP contribution in [0, 0.1) is 0 Å². The highest BCUT2D eigenvalue weighted by atomic mass is 32.1. The minimum absolute atomic E-state index is 0.164. The van der Waals surface area contributed by atoms with E-state index in [0.717, 1.165) is 12.0 Å². The van der Waals surface area contributed by atoms with Crippen molar-refractivity contribution in [3.8, 4) is 5.75 Å². The van der Waals surface area contributed by atoms with E-state index >= 15 is 0 Å². The topological polar surface area (TPSA) is 79.5 Å². The Labute approximate surface area is 184 Å². The Bertz CT molecular complexity index is 1050. The predicted molar refractivity (Wildman–Crippen MR) is 125 cm³/mol. The second kappa shape index (κ2) is 10.00. The van der Waals surface area contributed by atoms with Gasteiger partial charge in [0.05, 0.1) is 17.7 Å². The lowest BCUT2D eigenvalue weighted by atomic mass is 10.1. The zero-order valence-corrected chi connectivity index (χ0v) is 18.2. The van der Waals surface area contributed by atoms with E-state index in [2.05, 4.69) is 22.9 Å². The molecule has 3 rings (SSSR count). The highest BCUT2D eigenvalue weighted by Gasteiger charge is 2.12. The van der Waals surface area contributed by atoms with Gasteiger partial charge in [0.25, 0.3) is 11.8 Å². The van der Waals surface area contributed by atoms with Crippen LogP contribution in [0.3, 0.4) is 0 Å². The van der Waals surface area contributed by atoms with Crippen LogP contribution in [0.5, 0.6) is 5.75 Å². The van der Waals surface area contributed by atoms with Crippen molar-refractivity contribution in [2.24, 2.45) is 0 Å². The van der Waals surface area contributed by atoms with Crippen molar-refractivity contribution in [2.45, 2.75) is 13.3 Å². The zero-order chi connectivity index (χ0) is 21.5. The fourth-order valence-electron chi connectivity index (χ4n) is 2.69. The number of thiophene rings is 1. The molecule has 8 heteroatoms. The Balaban J connectivity index is 1.63. The molecule has 3 N–H and O–H groups in total. The predicted octanol–water partition coefficient (Wildman–Crippen LogP) is 4.70. The van der Waals surface area contributed by atoms with Crippen LogP contribution in [-0.4, -0.2) is 24.0 Å². The third kappa shape index (κ3) is 5.43. The van der Waals surface area contributed by atoms with E-state index in [4.69, 9.17) is 17.0 Å². The Morgan fingerprint density at radius 2 is 1.80 bits per heavy atom. The van der Waals surface area contributed by atoms with Crippen molar-refractivity contribution in [1.82, 2.24) is 5.32 Å². The van der Waals surface area contributed by atoms with Crippen LogP contribution in [0.1, 0.15) is 32.5 Å². The number of hydrogen-bond acceptors (Lipinski definition) is 5. The van der Waals surface area contributed by atoms with E-state index in [1.165, 1.54) is 18.4 Å². The van der Waals surface area contributed by atoms with Gasteiger partial charge < -0.3 is 15.4 Å². The molecular formula is C22H21N3O3S2. The molecule has 0 spiro atoms. The molecular weight excluding hydrogens is 418 g/mol. The summed E-state index contributed by atoms with van der Waals surface area (Å²) in [6.45, 7) is 2.06. The first-order chi connectivity index (χ1) is 14.5.